The number of amides is 2. The van der Waals surface area contributed by atoms with E-state index in [-0.39, 0.29) is 22.7 Å². The van der Waals surface area contributed by atoms with E-state index in [1.54, 1.807) is 38.1 Å². The van der Waals surface area contributed by atoms with E-state index in [1.807, 2.05) is 0 Å². The van der Waals surface area contributed by atoms with Gasteiger partial charge in [0, 0.05) is 11.6 Å². The third-order valence-electron chi connectivity index (χ3n) is 4.81. The first kappa shape index (κ1) is 20.0. The maximum Gasteiger partial charge on any atom is 0.339 e. The Labute approximate surface area is 166 Å². The number of rotatable bonds is 4. The fourth-order valence-electron chi connectivity index (χ4n) is 3.21. The van der Waals surface area contributed by atoms with E-state index >= 15 is 0 Å². The molecule has 0 bridgehead atoms. The summed E-state index contributed by atoms with van der Waals surface area (Å²) in [4.78, 5) is 49.4. The fourth-order valence-corrected chi connectivity index (χ4v) is 3.21. The summed E-state index contributed by atoms with van der Waals surface area (Å²) in [5.41, 5.74) is -0.287. The number of hydrogen-bond donors (Lipinski definition) is 1. The number of nitro benzene ring substituents is 1. The smallest absolute Gasteiger partial charge is 0.339 e. The number of carbonyl (C=O) groups excluding carboxylic acids is 3. The zero-order chi connectivity index (χ0) is 21.3. The van der Waals surface area contributed by atoms with Crippen LogP contribution in [0.25, 0.3) is 0 Å². The summed E-state index contributed by atoms with van der Waals surface area (Å²) in [6.07, 6.45) is 0. The summed E-state index contributed by atoms with van der Waals surface area (Å²) < 4.78 is 5.12. The Morgan fingerprint density at radius 2 is 1.86 bits per heavy atom. The van der Waals surface area contributed by atoms with Crippen LogP contribution in [0.4, 0.5) is 17.1 Å². The topological polar surface area (TPSA) is 119 Å². The Bertz CT molecular complexity index is 1030. The molecule has 0 unspecified atom stereocenters. The zero-order valence-corrected chi connectivity index (χ0v) is 16.1. The second-order valence-electron chi connectivity index (χ2n) is 7.04. The first-order valence-corrected chi connectivity index (χ1v) is 8.79. The number of ether oxygens (including phenoxy) is 1. The number of nitro groups is 1. The second kappa shape index (κ2) is 7.34. The van der Waals surface area contributed by atoms with Crippen molar-refractivity contribution in [1.82, 2.24) is 0 Å². The van der Waals surface area contributed by atoms with Crippen LogP contribution < -0.4 is 10.2 Å². The molecule has 2 aromatic rings. The van der Waals surface area contributed by atoms with Crippen LogP contribution in [0, 0.1) is 17.0 Å². The molecule has 1 heterocycles. The SMILES string of the molecule is Cc1c(C(=O)OCC(=O)N2c3ccccc3NC(=O)C2(C)C)cccc1[N+](=O)[O-]. The van der Waals surface area contributed by atoms with Gasteiger partial charge in [0.05, 0.1) is 21.9 Å². The highest BCUT2D eigenvalue weighted by molar-refractivity contribution is 6.14. The average Bonchev–Trinajstić information content (AvgIpc) is 2.66. The molecule has 0 fully saturated rings. The van der Waals surface area contributed by atoms with Gasteiger partial charge in [-0.25, -0.2) is 4.79 Å². The fraction of sp³-hybridized carbons (Fsp3) is 0.250. The molecule has 0 radical (unpaired) electrons. The van der Waals surface area contributed by atoms with E-state index in [0.29, 0.717) is 11.4 Å². The van der Waals surface area contributed by atoms with Gasteiger partial charge in [0.15, 0.2) is 6.61 Å². The van der Waals surface area contributed by atoms with Crippen LogP contribution in [0.1, 0.15) is 29.8 Å². The van der Waals surface area contributed by atoms with Gasteiger partial charge >= 0.3 is 5.97 Å². The number of esters is 1. The molecule has 3 rings (SSSR count). The van der Waals surface area contributed by atoms with E-state index in [1.165, 1.54) is 30.0 Å². The van der Waals surface area contributed by atoms with Crippen molar-refractivity contribution in [3.05, 3.63) is 63.7 Å². The Morgan fingerprint density at radius 3 is 2.55 bits per heavy atom. The lowest BCUT2D eigenvalue weighted by Gasteiger charge is -2.41. The monoisotopic (exact) mass is 397 g/mol. The molecule has 0 spiro atoms. The molecule has 0 atom stereocenters. The number of fused-ring (bicyclic) bond motifs is 1. The number of anilines is 2. The van der Waals surface area contributed by atoms with Crippen molar-refractivity contribution >= 4 is 34.8 Å². The third kappa shape index (κ3) is 3.54. The Morgan fingerprint density at radius 1 is 1.17 bits per heavy atom. The molecule has 1 aliphatic heterocycles. The Hall–Kier alpha value is -3.75. The molecule has 29 heavy (non-hydrogen) atoms. The Kier molecular flexibility index (Phi) is 5.06. The zero-order valence-electron chi connectivity index (χ0n) is 16.1. The normalized spacial score (nSPS) is 14.6. The highest BCUT2D eigenvalue weighted by atomic mass is 16.6. The molecule has 1 N–H and O–H groups in total. The summed E-state index contributed by atoms with van der Waals surface area (Å²) in [7, 11) is 0. The van der Waals surface area contributed by atoms with Crippen LogP contribution in [0.15, 0.2) is 42.5 Å². The molecule has 2 aromatic carbocycles. The van der Waals surface area contributed by atoms with E-state index in [9.17, 15) is 24.5 Å². The molecular weight excluding hydrogens is 378 g/mol. The van der Waals surface area contributed by atoms with Crippen LogP contribution >= 0.6 is 0 Å². The second-order valence-corrected chi connectivity index (χ2v) is 7.04. The molecule has 9 heteroatoms. The lowest BCUT2D eigenvalue weighted by atomic mass is 9.96. The minimum absolute atomic E-state index is 0.00282. The minimum Gasteiger partial charge on any atom is -0.452 e. The van der Waals surface area contributed by atoms with E-state index in [2.05, 4.69) is 5.32 Å². The van der Waals surface area contributed by atoms with Crippen molar-refractivity contribution in [2.24, 2.45) is 0 Å². The summed E-state index contributed by atoms with van der Waals surface area (Å²) in [5, 5.41) is 13.8. The van der Waals surface area contributed by atoms with Gasteiger partial charge in [-0.05, 0) is 39.0 Å². The van der Waals surface area contributed by atoms with Gasteiger partial charge in [-0.3, -0.25) is 24.6 Å². The van der Waals surface area contributed by atoms with Gasteiger partial charge < -0.3 is 10.1 Å². The number of carbonyl (C=O) groups is 3. The number of hydrogen-bond acceptors (Lipinski definition) is 6. The van der Waals surface area contributed by atoms with E-state index in [4.69, 9.17) is 4.74 Å². The van der Waals surface area contributed by atoms with Crippen LogP contribution in [0.3, 0.4) is 0 Å². The van der Waals surface area contributed by atoms with Gasteiger partial charge in [0.25, 0.3) is 11.6 Å². The molecule has 0 saturated heterocycles. The summed E-state index contributed by atoms with van der Waals surface area (Å²) in [6.45, 7) is 3.99. The standard InChI is InChI=1S/C20H19N3O6/c1-12-13(7-6-10-15(12)23(27)28)18(25)29-11-17(24)22-16-9-5-4-8-14(16)21-19(26)20(22,2)3/h4-10H,11H2,1-3H3,(H,21,26). The van der Waals surface area contributed by atoms with Crippen molar-refractivity contribution in [3.8, 4) is 0 Å². The summed E-state index contributed by atoms with van der Waals surface area (Å²) in [5.74, 6) is -1.81. The molecule has 2 amide bonds. The molecule has 150 valence electrons. The van der Waals surface area contributed by atoms with Crippen LogP contribution in [0.2, 0.25) is 0 Å². The van der Waals surface area contributed by atoms with Crippen LogP contribution in [-0.4, -0.2) is 34.9 Å². The van der Waals surface area contributed by atoms with Gasteiger partial charge in [-0.1, -0.05) is 18.2 Å². The highest BCUT2D eigenvalue weighted by Crippen LogP contribution is 2.36. The molecule has 9 nitrogen and oxygen atoms in total. The predicted molar refractivity (Wildman–Crippen MR) is 105 cm³/mol. The first-order chi connectivity index (χ1) is 13.6. The highest BCUT2D eigenvalue weighted by Gasteiger charge is 2.43. The summed E-state index contributed by atoms with van der Waals surface area (Å²) in [6, 6.07) is 10.8. The minimum atomic E-state index is -1.20. The van der Waals surface area contributed by atoms with Gasteiger partial charge in [-0.2, -0.15) is 0 Å². The van der Waals surface area contributed by atoms with Crippen molar-refractivity contribution in [3.63, 3.8) is 0 Å². The average molecular weight is 397 g/mol. The number of nitrogens with one attached hydrogen (secondary N) is 1. The molecule has 0 aliphatic carbocycles. The lowest BCUT2D eigenvalue weighted by Crippen LogP contribution is -2.59. The van der Waals surface area contributed by atoms with Crippen molar-refractivity contribution in [1.29, 1.82) is 0 Å². The maximum atomic E-state index is 12.9. The molecule has 0 aromatic heterocycles. The lowest BCUT2D eigenvalue weighted by molar-refractivity contribution is -0.385. The number of nitrogens with zero attached hydrogens (tertiary/aromatic N) is 2. The summed E-state index contributed by atoms with van der Waals surface area (Å²) >= 11 is 0. The van der Waals surface area contributed by atoms with Gasteiger partial charge in [0.2, 0.25) is 5.91 Å². The van der Waals surface area contributed by atoms with Crippen LogP contribution in [0.5, 0.6) is 0 Å². The van der Waals surface area contributed by atoms with E-state index < -0.39 is 28.9 Å². The maximum absolute atomic E-state index is 12.9. The quantitative estimate of drug-likeness (QED) is 0.481. The van der Waals surface area contributed by atoms with Crippen molar-refractivity contribution in [2.45, 2.75) is 26.3 Å². The Balaban J connectivity index is 1.82. The van der Waals surface area contributed by atoms with Crippen LogP contribution in [-0.2, 0) is 14.3 Å². The number of para-hydroxylation sites is 2. The van der Waals surface area contributed by atoms with Gasteiger partial charge in [0.1, 0.15) is 5.54 Å². The van der Waals surface area contributed by atoms with E-state index in [0.717, 1.165) is 0 Å². The number of benzene rings is 2. The van der Waals surface area contributed by atoms with Gasteiger partial charge in [-0.15, -0.1) is 0 Å². The first-order valence-electron chi connectivity index (χ1n) is 8.79. The predicted octanol–water partition coefficient (Wildman–Crippen LogP) is 2.82. The molecule has 1 aliphatic rings. The van der Waals surface area contributed by atoms with Crippen molar-refractivity contribution < 1.29 is 24.0 Å². The van der Waals surface area contributed by atoms with Crippen molar-refractivity contribution in [2.75, 3.05) is 16.8 Å². The third-order valence-corrected chi connectivity index (χ3v) is 4.81. The molecular formula is C20H19N3O6. The molecule has 0 saturated carbocycles. The largest absolute Gasteiger partial charge is 0.452 e.